The fraction of sp³-hybridized carbons (Fsp3) is 0.250. The summed E-state index contributed by atoms with van der Waals surface area (Å²) in [6.07, 6.45) is 2.41. The van der Waals surface area contributed by atoms with E-state index in [9.17, 15) is 14.4 Å². The van der Waals surface area contributed by atoms with Crippen LogP contribution < -0.4 is 4.74 Å². The van der Waals surface area contributed by atoms with Crippen molar-refractivity contribution in [3.63, 3.8) is 0 Å². The molecule has 0 saturated carbocycles. The van der Waals surface area contributed by atoms with Gasteiger partial charge in [-0.3, -0.25) is 14.4 Å². The van der Waals surface area contributed by atoms with Crippen molar-refractivity contribution in [1.29, 1.82) is 0 Å². The smallest absolute Gasteiger partial charge is 0.305 e. The highest BCUT2D eigenvalue weighted by atomic mass is 16.5. The number of phenolic OH excluding ortho intramolecular Hbond substituents is 1. The van der Waals surface area contributed by atoms with Crippen LogP contribution in [0.1, 0.15) is 40.5 Å². The Labute approximate surface area is 152 Å². The van der Waals surface area contributed by atoms with E-state index in [1.165, 1.54) is 12.1 Å². The van der Waals surface area contributed by atoms with Gasteiger partial charge in [0, 0.05) is 17.5 Å². The van der Waals surface area contributed by atoms with Crippen LogP contribution in [-0.4, -0.2) is 36.9 Å². The molecule has 0 unspecified atom stereocenters. The standard InChI is InChI=1S/C13H16O4.C7H6O2/c1-2-16-13(15)7-4-8-17-12-6-3-5-11(9-12)10-14;8-5-6-2-1-3-7(9)4-6/h3,5-6,9-10H,2,4,7-8H2,1H3;1-5,9H. The maximum Gasteiger partial charge on any atom is 0.305 e. The molecule has 2 aromatic carbocycles. The number of hydrogen-bond acceptors (Lipinski definition) is 6. The average molecular weight is 358 g/mol. The van der Waals surface area contributed by atoms with Crippen molar-refractivity contribution in [1.82, 2.24) is 0 Å². The van der Waals surface area contributed by atoms with Crippen molar-refractivity contribution in [2.24, 2.45) is 0 Å². The van der Waals surface area contributed by atoms with Crippen LogP contribution in [0.25, 0.3) is 0 Å². The monoisotopic (exact) mass is 358 g/mol. The van der Waals surface area contributed by atoms with Gasteiger partial charge in [0.15, 0.2) is 0 Å². The van der Waals surface area contributed by atoms with E-state index in [0.29, 0.717) is 49.2 Å². The molecule has 0 amide bonds. The number of phenols is 1. The van der Waals surface area contributed by atoms with E-state index < -0.39 is 0 Å². The molecule has 0 aromatic heterocycles. The van der Waals surface area contributed by atoms with Crippen LogP contribution in [0.15, 0.2) is 48.5 Å². The van der Waals surface area contributed by atoms with Gasteiger partial charge in [0.25, 0.3) is 0 Å². The molecule has 2 aromatic rings. The Morgan fingerprint density at radius 2 is 1.69 bits per heavy atom. The Balaban J connectivity index is 0.000000314. The summed E-state index contributed by atoms with van der Waals surface area (Å²) in [5.74, 6) is 0.552. The second-order valence-corrected chi connectivity index (χ2v) is 5.16. The van der Waals surface area contributed by atoms with Gasteiger partial charge in [-0.05, 0) is 37.6 Å². The van der Waals surface area contributed by atoms with Crippen molar-refractivity contribution in [3.05, 3.63) is 59.7 Å². The molecular weight excluding hydrogens is 336 g/mol. The zero-order valence-corrected chi connectivity index (χ0v) is 14.6. The molecule has 6 nitrogen and oxygen atoms in total. The van der Waals surface area contributed by atoms with Gasteiger partial charge in [-0.1, -0.05) is 24.3 Å². The zero-order valence-electron chi connectivity index (χ0n) is 14.6. The van der Waals surface area contributed by atoms with E-state index in [-0.39, 0.29) is 11.7 Å². The lowest BCUT2D eigenvalue weighted by Gasteiger charge is -2.06. The first kappa shape index (κ1) is 20.9. The quantitative estimate of drug-likeness (QED) is 0.442. The van der Waals surface area contributed by atoms with Gasteiger partial charge in [0.05, 0.1) is 13.2 Å². The fourth-order valence-corrected chi connectivity index (χ4v) is 1.92. The van der Waals surface area contributed by atoms with Gasteiger partial charge >= 0.3 is 5.97 Å². The molecule has 0 atom stereocenters. The summed E-state index contributed by atoms with van der Waals surface area (Å²) in [6, 6.07) is 13.1. The number of carbonyl (C=O) groups is 3. The summed E-state index contributed by atoms with van der Waals surface area (Å²) in [6.45, 7) is 2.61. The third-order valence-electron chi connectivity index (χ3n) is 3.10. The highest BCUT2D eigenvalue weighted by Crippen LogP contribution is 2.12. The van der Waals surface area contributed by atoms with E-state index in [0.717, 1.165) is 6.29 Å². The average Bonchev–Trinajstić information content (AvgIpc) is 2.66. The largest absolute Gasteiger partial charge is 0.508 e. The predicted octanol–water partition coefficient (Wildman–Crippen LogP) is 3.43. The maximum atomic E-state index is 11.0. The van der Waals surface area contributed by atoms with Gasteiger partial charge in [-0.25, -0.2) is 0 Å². The van der Waals surface area contributed by atoms with E-state index in [4.69, 9.17) is 14.6 Å². The van der Waals surface area contributed by atoms with Gasteiger partial charge in [-0.2, -0.15) is 0 Å². The Hall–Kier alpha value is -3.15. The molecule has 6 heteroatoms. The molecule has 138 valence electrons. The first-order chi connectivity index (χ1) is 12.6. The Kier molecular flexibility index (Phi) is 9.84. The number of esters is 1. The first-order valence-corrected chi connectivity index (χ1v) is 8.17. The number of rotatable bonds is 8. The number of ether oxygens (including phenoxy) is 2. The third kappa shape index (κ3) is 8.63. The molecule has 2 rings (SSSR count). The summed E-state index contributed by atoms with van der Waals surface area (Å²) in [5, 5.41) is 8.79. The topological polar surface area (TPSA) is 89.9 Å². The predicted molar refractivity (Wildman–Crippen MR) is 96.7 cm³/mol. The number of hydrogen-bond donors (Lipinski definition) is 1. The molecule has 0 fully saturated rings. The van der Waals surface area contributed by atoms with Crippen molar-refractivity contribution < 1.29 is 29.0 Å². The van der Waals surface area contributed by atoms with E-state index in [1.54, 1.807) is 43.3 Å². The van der Waals surface area contributed by atoms with Gasteiger partial charge < -0.3 is 14.6 Å². The number of benzene rings is 2. The fourth-order valence-electron chi connectivity index (χ4n) is 1.92. The first-order valence-electron chi connectivity index (χ1n) is 8.17. The van der Waals surface area contributed by atoms with Gasteiger partial charge in [0.1, 0.15) is 24.1 Å². The summed E-state index contributed by atoms with van der Waals surface area (Å²) in [5.41, 5.74) is 1.07. The van der Waals surface area contributed by atoms with Crippen LogP contribution in [0, 0.1) is 0 Å². The summed E-state index contributed by atoms with van der Waals surface area (Å²) in [7, 11) is 0. The highest BCUT2D eigenvalue weighted by molar-refractivity contribution is 5.75. The van der Waals surface area contributed by atoms with Crippen LogP contribution in [-0.2, 0) is 9.53 Å². The number of aldehydes is 2. The maximum absolute atomic E-state index is 11.0. The molecular formula is C20H22O6. The molecule has 0 saturated heterocycles. The van der Waals surface area contributed by atoms with E-state index >= 15 is 0 Å². The third-order valence-corrected chi connectivity index (χ3v) is 3.10. The molecule has 1 N–H and O–H groups in total. The minimum absolute atomic E-state index is 0.125. The van der Waals surface area contributed by atoms with E-state index in [2.05, 4.69) is 0 Å². The lowest BCUT2D eigenvalue weighted by Crippen LogP contribution is -2.06. The molecule has 0 aliphatic rings. The minimum Gasteiger partial charge on any atom is -0.508 e. The molecule has 0 radical (unpaired) electrons. The molecule has 0 spiro atoms. The minimum atomic E-state index is -0.210. The Bertz CT molecular complexity index is 711. The molecule has 26 heavy (non-hydrogen) atoms. The number of carbonyl (C=O) groups excluding carboxylic acids is 3. The molecule has 0 heterocycles. The second kappa shape index (κ2) is 12.2. The van der Waals surface area contributed by atoms with Crippen molar-refractivity contribution >= 4 is 18.5 Å². The normalized spacial score (nSPS) is 9.42. The summed E-state index contributed by atoms with van der Waals surface area (Å²) >= 11 is 0. The van der Waals surface area contributed by atoms with Crippen LogP contribution in [0.5, 0.6) is 11.5 Å². The molecule has 0 aliphatic heterocycles. The van der Waals surface area contributed by atoms with Crippen LogP contribution in [0.2, 0.25) is 0 Å². The van der Waals surface area contributed by atoms with E-state index in [1.807, 2.05) is 0 Å². The van der Waals surface area contributed by atoms with Gasteiger partial charge in [0.2, 0.25) is 0 Å². The van der Waals surface area contributed by atoms with Gasteiger partial charge in [-0.15, -0.1) is 0 Å². The van der Waals surface area contributed by atoms with Crippen molar-refractivity contribution in [3.8, 4) is 11.5 Å². The Morgan fingerprint density at radius 3 is 2.27 bits per heavy atom. The second-order valence-electron chi connectivity index (χ2n) is 5.16. The molecule has 0 bridgehead atoms. The molecule has 0 aliphatic carbocycles. The summed E-state index contributed by atoms with van der Waals surface area (Å²) in [4.78, 5) is 31.6. The lowest BCUT2D eigenvalue weighted by molar-refractivity contribution is -0.143. The highest BCUT2D eigenvalue weighted by Gasteiger charge is 2.01. The Morgan fingerprint density at radius 1 is 1.04 bits per heavy atom. The van der Waals surface area contributed by atoms with Crippen LogP contribution in [0.4, 0.5) is 0 Å². The van der Waals surface area contributed by atoms with Crippen molar-refractivity contribution in [2.45, 2.75) is 19.8 Å². The zero-order chi connectivity index (χ0) is 19.2. The lowest BCUT2D eigenvalue weighted by atomic mass is 10.2. The van der Waals surface area contributed by atoms with Crippen LogP contribution in [0.3, 0.4) is 0 Å². The SMILES string of the molecule is CCOC(=O)CCCOc1cccc(C=O)c1.O=Cc1cccc(O)c1. The summed E-state index contributed by atoms with van der Waals surface area (Å²) < 4.78 is 10.2. The van der Waals surface area contributed by atoms with Crippen molar-refractivity contribution in [2.75, 3.05) is 13.2 Å². The number of aromatic hydroxyl groups is 1. The van der Waals surface area contributed by atoms with Crippen LogP contribution >= 0.6 is 0 Å².